The molecule has 1 fully saturated rings. The molecular formula is C15H19N5O2. The van der Waals surface area contributed by atoms with Gasteiger partial charge in [-0.1, -0.05) is 24.3 Å². The molecule has 116 valence electrons. The van der Waals surface area contributed by atoms with Gasteiger partial charge in [-0.05, 0) is 11.1 Å². The third kappa shape index (κ3) is 3.90. The van der Waals surface area contributed by atoms with Crippen LogP contribution in [0.2, 0.25) is 0 Å². The van der Waals surface area contributed by atoms with Crippen molar-refractivity contribution in [2.45, 2.75) is 19.2 Å². The maximum absolute atomic E-state index is 12.0. The third-order valence-corrected chi connectivity index (χ3v) is 3.52. The van der Waals surface area contributed by atoms with E-state index in [2.05, 4.69) is 20.7 Å². The molecule has 0 radical (unpaired) electrons. The highest BCUT2D eigenvalue weighted by Crippen LogP contribution is 2.06. The minimum Gasteiger partial charge on any atom is -0.366 e. The van der Waals surface area contributed by atoms with E-state index in [1.165, 1.54) is 6.33 Å². The third-order valence-electron chi connectivity index (χ3n) is 3.52. The van der Waals surface area contributed by atoms with Crippen molar-refractivity contribution in [2.24, 2.45) is 0 Å². The summed E-state index contributed by atoms with van der Waals surface area (Å²) in [5.74, 6) is -0.0705. The van der Waals surface area contributed by atoms with E-state index < -0.39 is 0 Å². The van der Waals surface area contributed by atoms with Gasteiger partial charge in [0.05, 0.1) is 13.2 Å². The molecular weight excluding hydrogens is 282 g/mol. The highest BCUT2D eigenvalue weighted by atomic mass is 16.5. The lowest BCUT2D eigenvalue weighted by atomic mass is 10.1. The van der Waals surface area contributed by atoms with Crippen LogP contribution in [-0.4, -0.2) is 46.5 Å². The van der Waals surface area contributed by atoms with Gasteiger partial charge >= 0.3 is 0 Å². The van der Waals surface area contributed by atoms with Gasteiger partial charge in [-0.3, -0.25) is 4.79 Å². The molecule has 22 heavy (non-hydrogen) atoms. The standard InChI is InChI=1S/C15H19N5O2/c21-15(14-8-16-5-6-22-14)18-7-12-1-3-13(4-2-12)9-20-11-17-10-19-20/h1-4,10-11,14,16H,5-9H2,(H,18,21). The summed E-state index contributed by atoms with van der Waals surface area (Å²) in [6, 6.07) is 8.07. The maximum Gasteiger partial charge on any atom is 0.250 e. The molecule has 1 aliphatic heterocycles. The number of hydrogen-bond donors (Lipinski definition) is 2. The summed E-state index contributed by atoms with van der Waals surface area (Å²) < 4.78 is 7.18. The highest BCUT2D eigenvalue weighted by molar-refractivity contribution is 5.81. The molecule has 1 aromatic carbocycles. The molecule has 1 amide bonds. The fraction of sp³-hybridized carbons (Fsp3) is 0.400. The summed E-state index contributed by atoms with van der Waals surface area (Å²) in [4.78, 5) is 15.9. The summed E-state index contributed by atoms with van der Waals surface area (Å²) >= 11 is 0. The normalized spacial score (nSPS) is 18.1. The first-order chi connectivity index (χ1) is 10.8. The summed E-state index contributed by atoms with van der Waals surface area (Å²) in [6.45, 7) is 3.14. The number of carbonyl (C=O) groups excluding carboxylic acids is 1. The average Bonchev–Trinajstić information content (AvgIpc) is 3.08. The predicted molar refractivity (Wildman–Crippen MR) is 80.0 cm³/mol. The van der Waals surface area contributed by atoms with Crippen molar-refractivity contribution in [2.75, 3.05) is 19.7 Å². The van der Waals surface area contributed by atoms with Gasteiger partial charge in [0.15, 0.2) is 0 Å². The molecule has 2 N–H and O–H groups in total. The molecule has 7 nitrogen and oxygen atoms in total. The Morgan fingerprint density at radius 2 is 2.18 bits per heavy atom. The van der Waals surface area contributed by atoms with E-state index in [1.54, 1.807) is 11.0 Å². The Labute approximate surface area is 128 Å². The molecule has 2 aromatic rings. The van der Waals surface area contributed by atoms with Crippen molar-refractivity contribution in [3.05, 3.63) is 48.0 Å². The van der Waals surface area contributed by atoms with Gasteiger partial charge in [-0.15, -0.1) is 0 Å². The van der Waals surface area contributed by atoms with Crippen LogP contribution in [0.15, 0.2) is 36.9 Å². The van der Waals surface area contributed by atoms with Gasteiger partial charge in [0.1, 0.15) is 18.8 Å². The molecule has 2 heterocycles. The Balaban J connectivity index is 1.49. The van der Waals surface area contributed by atoms with E-state index in [9.17, 15) is 4.79 Å². The Morgan fingerprint density at radius 3 is 2.86 bits per heavy atom. The Bertz CT molecular complexity index is 591. The summed E-state index contributed by atoms with van der Waals surface area (Å²) in [7, 11) is 0. The number of nitrogens with one attached hydrogen (secondary N) is 2. The number of rotatable bonds is 5. The van der Waals surface area contributed by atoms with Crippen molar-refractivity contribution in [3.63, 3.8) is 0 Å². The van der Waals surface area contributed by atoms with E-state index in [-0.39, 0.29) is 12.0 Å². The van der Waals surface area contributed by atoms with Gasteiger partial charge in [-0.25, -0.2) is 9.67 Å². The first-order valence-corrected chi connectivity index (χ1v) is 7.31. The van der Waals surface area contributed by atoms with Gasteiger partial charge in [-0.2, -0.15) is 5.10 Å². The zero-order valence-corrected chi connectivity index (χ0v) is 12.2. The number of hydrogen-bond acceptors (Lipinski definition) is 5. The first kappa shape index (κ1) is 14.7. The smallest absolute Gasteiger partial charge is 0.250 e. The Hall–Kier alpha value is -2.25. The van der Waals surface area contributed by atoms with Gasteiger partial charge in [0, 0.05) is 19.6 Å². The van der Waals surface area contributed by atoms with E-state index in [4.69, 9.17) is 4.74 Å². The van der Waals surface area contributed by atoms with Crippen LogP contribution in [0.4, 0.5) is 0 Å². The van der Waals surface area contributed by atoms with E-state index in [0.717, 1.165) is 17.7 Å². The summed E-state index contributed by atoms with van der Waals surface area (Å²) in [6.07, 6.45) is 2.82. The molecule has 1 atom stereocenters. The second-order valence-electron chi connectivity index (χ2n) is 5.19. The van der Waals surface area contributed by atoms with Gasteiger partial charge < -0.3 is 15.4 Å². The van der Waals surface area contributed by atoms with E-state index in [1.807, 2.05) is 24.3 Å². The zero-order valence-electron chi connectivity index (χ0n) is 12.2. The van der Waals surface area contributed by atoms with Crippen molar-refractivity contribution < 1.29 is 9.53 Å². The van der Waals surface area contributed by atoms with Crippen molar-refractivity contribution in [1.29, 1.82) is 0 Å². The van der Waals surface area contributed by atoms with Gasteiger partial charge in [0.2, 0.25) is 0 Å². The summed E-state index contributed by atoms with van der Waals surface area (Å²) in [5.41, 5.74) is 2.19. The molecule has 7 heteroatoms. The second kappa shape index (κ2) is 7.15. The lowest BCUT2D eigenvalue weighted by molar-refractivity contribution is -0.134. The van der Waals surface area contributed by atoms with Crippen molar-refractivity contribution >= 4 is 5.91 Å². The monoisotopic (exact) mass is 301 g/mol. The number of benzene rings is 1. The lowest BCUT2D eigenvalue weighted by Crippen LogP contribution is -2.47. The fourth-order valence-electron chi connectivity index (χ4n) is 2.30. The molecule has 1 saturated heterocycles. The molecule has 0 aliphatic carbocycles. The SMILES string of the molecule is O=C(NCc1ccc(Cn2cncn2)cc1)C1CNCCO1. The average molecular weight is 301 g/mol. The zero-order chi connectivity index (χ0) is 15.2. The minimum atomic E-state index is -0.389. The molecule has 1 aromatic heterocycles. The number of carbonyl (C=O) groups is 1. The largest absolute Gasteiger partial charge is 0.366 e. The minimum absolute atomic E-state index is 0.0705. The number of amides is 1. The van der Waals surface area contributed by atoms with Crippen LogP contribution in [0.1, 0.15) is 11.1 Å². The van der Waals surface area contributed by atoms with Crippen LogP contribution in [0.5, 0.6) is 0 Å². The summed E-state index contributed by atoms with van der Waals surface area (Å²) in [5, 5.41) is 10.1. The molecule has 3 rings (SSSR count). The van der Waals surface area contributed by atoms with Crippen LogP contribution in [0.3, 0.4) is 0 Å². The molecule has 0 bridgehead atoms. The van der Waals surface area contributed by atoms with E-state index >= 15 is 0 Å². The Morgan fingerprint density at radius 1 is 1.36 bits per heavy atom. The van der Waals surface area contributed by atoms with Crippen LogP contribution in [0, 0.1) is 0 Å². The first-order valence-electron chi connectivity index (χ1n) is 7.31. The van der Waals surface area contributed by atoms with Crippen molar-refractivity contribution in [3.8, 4) is 0 Å². The van der Waals surface area contributed by atoms with Crippen LogP contribution >= 0.6 is 0 Å². The highest BCUT2D eigenvalue weighted by Gasteiger charge is 2.21. The molecule has 1 aliphatic rings. The quantitative estimate of drug-likeness (QED) is 0.808. The predicted octanol–water partition coefficient (Wildman–Crippen LogP) is -0.0690. The fourth-order valence-corrected chi connectivity index (χ4v) is 2.30. The number of aromatic nitrogens is 3. The molecule has 0 saturated carbocycles. The second-order valence-corrected chi connectivity index (χ2v) is 5.19. The van der Waals surface area contributed by atoms with Gasteiger partial charge in [0.25, 0.3) is 5.91 Å². The lowest BCUT2D eigenvalue weighted by Gasteiger charge is -2.22. The number of morpholine rings is 1. The molecule has 0 spiro atoms. The molecule has 1 unspecified atom stereocenters. The van der Waals surface area contributed by atoms with Crippen LogP contribution in [0.25, 0.3) is 0 Å². The number of nitrogens with zero attached hydrogens (tertiary/aromatic N) is 3. The van der Waals surface area contributed by atoms with Crippen molar-refractivity contribution in [1.82, 2.24) is 25.4 Å². The number of ether oxygens (including phenoxy) is 1. The van der Waals surface area contributed by atoms with Crippen LogP contribution < -0.4 is 10.6 Å². The maximum atomic E-state index is 12.0. The van der Waals surface area contributed by atoms with Crippen LogP contribution in [-0.2, 0) is 22.6 Å². The van der Waals surface area contributed by atoms with E-state index in [0.29, 0.717) is 26.2 Å². The topological polar surface area (TPSA) is 81.1 Å². The Kier molecular flexibility index (Phi) is 4.77.